The van der Waals surface area contributed by atoms with E-state index in [0.717, 1.165) is 5.56 Å². The van der Waals surface area contributed by atoms with Crippen LogP contribution in [0.4, 0.5) is 0 Å². The monoisotopic (exact) mass is 274 g/mol. The Morgan fingerprint density at radius 2 is 2.06 bits per heavy atom. The van der Waals surface area contributed by atoms with Crippen molar-refractivity contribution in [2.45, 2.75) is 26.4 Å². The first-order valence-corrected chi connectivity index (χ1v) is 6.15. The van der Waals surface area contributed by atoms with Gasteiger partial charge in [0.05, 0.1) is 16.1 Å². The van der Waals surface area contributed by atoms with E-state index in [4.69, 9.17) is 28.9 Å². The summed E-state index contributed by atoms with van der Waals surface area (Å²) < 4.78 is 0. The highest BCUT2D eigenvalue weighted by Crippen LogP contribution is 2.25. The van der Waals surface area contributed by atoms with E-state index in [1.54, 1.807) is 12.1 Å². The molecule has 1 aromatic rings. The first-order valence-electron chi connectivity index (χ1n) is 5.39. The van der Waals surface area contributed by atoms with Gasteiger partial charge in [-0.1, -0.05) is 49.2 Å². The average Bonchev–Trinajstić information content (AvgIpc) is 2.29. The molecule has 0 fully saturated rings. The molecule has 0 aliphatic heterocycles. The lowest BCUT2D eigenvalue weighted by Crippen LogP contribution is -2.43. The van der Waals surface area contributed by atoms with E-state index >= 15 is 0 Å². The Hall–Kier alpha value is -0.770. The summed E-state index contributed by atoms with van der Waals surface area (Å²) in [7, 11) is 0. The van der Waals surface area contributed by atoms with Crippen LogP contribution in [0.3, 0.4) is 0 Å². The van der Waals surface area contributed by atoms with Crippen LogP contribution < -0.4 is 11.1 Å². The summed E-state index contributed by atoms with van der Waals surface area (Å²) >= 11 is 11.9. The molecule has 94 valence electrons. The molecule has 1 atom stereocenters. The topological polar surface area (TPSA) is 55.1 Å². The Bertz CT molecular complexity index is 407. The van der Waals surface area contributed by atoms with Gasteiger partial charge in [0.2, 0.25) is 5.91 Å². The highest BCUT2D eigenvalue weighted by Gasteiger charge is 2.17. The molecule has 1 rings (SSSR count). The number of nitrogens with two attached hydrogens (primary N) is 1. The summed E-state index contributed by atoms with van der Waals surface area (Å²) in [4.78, 5) is 11.6. The minimum atomic E-state index is -0.507. The van der Waals surface area contributed by atoms with Gasteiger partial charge >= 0.3 is 0 Å². The first kappa shape index (κ1) is 14.3. The number of benzene rings is 1. The van der Waals surface area contributed by atoms with Crippen LogP contribution in [0, 0.1) is 5.92 Å². The fourth-order valence-corrected chi connectivity index (χ4v) is 1.67. The molecular formula is C12H16Cl2N2O. The van der Waals surface area contributed by atoms with Gasteiger partial charge in [0.25, 0.3) is 0 Å². The zero-order valence-corrected chi connectivity index (χ0v) is 11.3. The van der Waals surface area contributed by atoms with E-state index in [1.165, 1.54) is 0 Å². The van der Waals surface area contributed by atoms with Crippen molar-refractivity contribution in [2.75, 3.05) is 0 Å². The van der Waals surface area contributed by atoms with E-state index in [1.807, 2.05) is 19.9 Å². The molecule has 0 saturated carbocycles. The minimum Gasteiger partial charge on any atom is -0.351 e. The van der Waals surface area contributed by atoms with Crippen molar-refractivity contribution in [3.63, 3.8) is 0 Å². The number of amides is 1. The third kappa shape index (κ3) is 3.87. The second kappa shape index (κ2) is 6.24. The lowest BCUT2D eigenvalue weighted by Gasteiger charge is -2.15. The molecule has 0 aliphatic rings. The van der Waals surface area contributed by atoms with Gasteiger partial charge in [0.1, 0.15) is 0 Å². The zero-order valence-electron chi connectivity index (χ0n) is 9.84. The summed E-state index contributed by atoms with van der Waals surface area (Å²) in [5.41, 5.74) is 6.50. The maximum Gasteiger partial charge on any atom is 0.237 e. The molecule has 0 radical (unpaired) electrons. The van der Waals surface area contributed by atoms with Gasteiger partial charge in [0, 0.05) is 6.54 Å². The number of nitrogens with one attached hydrogen (secondary N) is 1. The highest BCUT2D eigenvalue weighted by atomic mass is 35.5. The van der Waals surface area contributed by atoms with Crippen LogP contribution >= 0.6 is 23.2 Å². The Morgan fingerprint density at radius 1 is 1.41 bits per heavy atom. The molecule has 1 aromatic carbocycles. The van der Waals surface area contributed by atoms with Crippen LogP contribution in [0.15, 0.2) is 18.2 Å². The Kier molecular flexibility index (Phi) is 5.25. The minimum absolute atomic E-state index is 0.102. The normalized spacial score (nSPS) is 12.6. The van der Waals surface area contributed by atoms with Crippen molar-refractivity contribution in [2.24, 2.45) is 11.7 Å². The molecule has 0 unspecified atom stereocenters. The predicted molar refractivity (Wildman–Crippen MR) is 71.1 cm³/mol. The van der Waals surface area contributed by atoms with Gasteiger partial charge < -0.3 is 11.1 Å². The largest absolute Gasteiger partial charge is 0.351 e. The number of carbonyl (C=O) groups excluding carboxylic acids is 1. The van der Waals surface area contributed by atoms with Gasteiger partial charge in [-0.3, -0.25) is 4.79 Å². The zero-order chi connectivity index (χ0) is 13.0. The number of rotatable bonds is 4. The maximum atomic E-state index is 11.6. The molecule has 0 aliphatic carbocycles. The summed E-state index contributed by atoms with van der Waals surface area (Å²) in [6.07, 6.45) is 0. The van der Waals surface area contributed by atoms with E-state index in [-0.39, 0.29) is 11.8 Å². The maximum absolute atomic E-state index is 11.6. The highest BCUT2D eigenvalue weighted by molar-refractivity contribution is 6.42. The van der Waals surface area contributed by atoms with E-state index in [0.29, 0.717) is 16.6 Å². The van der Waals surface area contributed by atoms with Crippen LogP contribution in [0.25, 0.3) is 0 Å². The van der Waals surface area contributed by atoms with Crippen LogP contribution in [0.2, 0.25) is 10.0 Å². The van der Waals surface area contributed by atoms with Crippen LogP contribution in [-0.4, -0.2) is 11.9 Å². The third-order valence-corrected chi connectivity index (χ3v) is 3.36. The number of hydrogen-bond donors (Lipinski definition) is 2. The number of carbonyl (C=O) groups is 1. The average molecular weight is 275 g/mol. The molecule has 0 spiro atoms. The standard InChI is InChI=1S/C12H16Cl2N2O/c1-7(2)11(15)12(17)16-6-8-4-3-5-9(13)10(8)14/h3-5,7,11H,6,15H2,1-2H3,(H,16,17)/t11-/m0/s1. The fourth-order valence-electron chi connectivity index (χ4n) is 1.29. The summed E-state index contributed by atoms with van der Waals surface area (Å²) in [6, 6.07) is 4.80. The van der Waals surface area contributed by atoms with E-state index < -0.39 is 6.04 Å². The van der Waals surface area contributed by atoms with E-state index in [2.05, 4.69) is 5.32 Å². The van der Waals surface area contributed by atoms with Gasteiger partial charge in [-0.2, -0.15) is 0 Å². The van der Waals surface area contributed by atoms with Crippen molar-refractivity contribution >= 4 is 29.1 Å². The molecular weight excluding hydrogens is 259 g/mol. The second-order valence-electron chi connectivity index (χ2n) is 4.20. The number of hydrogen-bond acceptors (Lipinski definition) is 2. The third-order valence-electron chi connectivity index (χ3n) is 2.51. The van der Waals surface area contributed by atoms with Gasteiger partial charge in [-0.15, -0.1) is 0 Å². The molecule has 0 aromatic heterocycles. The lowest BCUT2D eigenvalue weighted by atomic mass is 10.0. The lowest BCUT2D eigenvalue weighted by molar-refractivity contribution is -0.123. The molecule has 1 amide bonds. The van der Waals surface area contributed by atoms with Crippen LogP contribution in [0.5, 0.6) is 0 Å². The van der Waals surface area contributed by atoms with Gasteiger partial charge in [-0.05, 0) is 17.5 Å². The van der Waals surface area contributed by atoms with Crippen LogP contribution in [0.1, 0.15) is 19.4 Å². The Labute approximate surface area is 111 Å². The molecule has 0 heterocycles. The van der Waals surface area contributed by atoms with Crippen molar-refractivity contribution in [3.05, 3.63) is 33.8 Å². The van der Waals surface area contributed by atoms with Gasteiger partial charge in [-0.25, -0.2) is 0 Å². The SMILES string of the molecule is CC(C)[C@H](N)C(=O)NCc1cccc(Cl)c1Cl. The molecule has 17 heavy (non-hydrogen) atoms. The Balaban J connectivity index is 2.62. The molecule has 0 saturated heterocycles. The predicted octanol–water partition coefficient (Wildman–Crippen LogP) is 2.59. The van der Waals surface area contributed by atoms with Crippen LogP contribution in [-0.2, 0) is 11.3 Å². The fraction of sp³-hybridized carbons (Fsp3) is 0.417. The molecule has 5 heteroatoms. The molecule has 0 bridgehead atoms. The summed E-state index contributed by atoms with van der Waals surface area (Å²) in [5, 5.41) is 3.68. The van der Waals surface area contributed by atoms with Gasteiger partial charge in [0.15, 0.2) is 0 Å². The van der Waals surface area contributed by atoms with Crippen molar-refractivity contribution < 1.29 is 4.79 Å². The number of halogens is 2. The van der Waals surface area contributed by atoms with Crippen molar-refractivity contribution in [1.82, 2.24) is 5.32 Å². The van der Waals surface area contributed by atoms with Crippen molar-refractivity contribution in [1.29, 1.82) is 0 Å². The van der Waals surface area contributed by atoms with Crippen molar-refractivity contribution in [3.8, 4) is 0 Å². The van der Waals surface area contributed by atoms with E-state index in [9.17, 15) is 4.79 Å². The smallest absolute Gasteiger partial charge is 0.237 e. The quantitative estimate of drug-likeness (QED) is 0.887. The first-order chi connectivity index (χ1) is 7.93. The Morgan fingerprint density at radius 3 is 2.65 bits per heavy atom. The molecule has 3 N–H and O–H groups in total. The summed E-state index contributed by atoms with van der Waals surface area (Å²) in [5.74, 6) is -0.0825. The second-order valence-corrected chi connectivity index (χ2v) is 4.99. The molecule has 3 nitrogen and oxygen atoms in total. The summed E-state index contributed by atoms with van der Waals surface area (Å²) in [6.45, 7) is 4.13.